The van der Waals surface area contributed by atoms with Gasteiger partial charge in [0.15, 0.2) is 5.65 Å². The number of hydrogen-bond donors (Lipinski definition) is 1. The van der Waals surface area contributed by atoms with E-state index in [1.54, 1.807) is 4.57 Å². The maximum atomic E-state index is 13.2. The third-order valence-electron chi connectivity index (χ3n) is 4.23. The highest BCUT2D eigenvalue weighted by Gasteiger charge is 2.21. The van der Waals surface area contributed by atoms with Gasteiger partial charge in [0.1, 0.15) is 17.2 Å². The van der Waals surface area contributed by atoms with Crippen LogP contribution in [0.15, 0.2) is 30.5 Å². The molecule has 138 valence electrons. The van der Waals surface area contributed by atoms with Crippen molar-refractivity contribution in [2.75, 3.05) is 5.32 Å². The van der Waals surface area contributed by atoms with Gasteiger partial charge in [-0.3, -0.25) is 10.1 Å². The monoisotopic (exact) mass is 357 g/mol. The minimum absolute atomic E-state index is 0. The molecule has 0 aliphatic rings. The molecule has 0 saturated carbocycles. The van der Waals surface area contributed by atoms with Gasteiger partial charge < -0.3 is 0 Å². The fraction of sp³-hybridized carbons (Fsp3) is 0.368. The molecule has 3 heterocycles. The Morgan fingerprint density at radius 2 is 1.88 bits per heavy atom. The lowest BCUT2D eigenvalue weighted by Gasteiger charge is -2.15. The van der Waals surface area contributed by atoms with Crippen LogP contribution >= 0.6 is 0 Å². The Kier molecular flexibility index (Phi) is 5.69. The number of anilines is 1. The third kappa shape index (κ3) is 3.71. The summed E-state index contributed by atoms with van der Waals surface area (Å²) in [4.78, 5) is 25.5. The summed E-state index contributed by atoms with van der Waals surface area (Å²) in [6.07, 6.45) is 1.12. The molecule has 6 nitrogen and oxygen atoms in total. The number of nitrogens with zero attached hydrogens (tertiary/aromatic N) is 4. The zero-order valence-electron chi connectivity index (χ0n) is 14.6. The lowest BCUT2D eigenvalue weighted by molar-refractivity contribution is -0.120. The number of nitrogens with one attached hydrogen (secondary N) is 1. The van der Waals surface area contributed by atoms with E-state index in [0.29, 0.717) is 22.9 Å². The van der Waals surface area contributed by atoms with Crippen LogP contribution in [0.1, 0.15) is 33.9 Å². The molecule has 0 bridgehead atoms. The molecule has 1 N–H and O–H groups in total. The summed E-state index contributed by atoms with van der Waals surface area (Å²) in [7, 11) is 0. The van der Waals surface area contributed by atoms with Gasteiger partial charge in [0.25, 0.3) is 0 Å². The first-order valence-corrected chi connectivity index (χ1v) is 8.15. The highest BCUT2D eigenvalue weighted by atomic mass is 19.1. The number of hydrogen-bond acceptors (Lipinski definition) is 4. The van der Waals surface area contributed by atoms with Crippen molar-refractivity contribution in [1.29, 1.82) is 0 Å². The van der Waals surface area contributed by atoms with E-state index in [0.717, 1.165) is 11.9 Å². The molecule has 26 heavy (non-hydrogen) atoms. The highest BCUT2D eigenvalue weighted by Crippen LogP contribution is 2.24. The second-order valence-electron chi connectivity index (χ2n) is 6.42. The summed E-state index contributed by atoms with van der Waals surface area (Å²) in [5.41, 5.74) is 2.00. The molecule has 3 aromatic heterocycles. The van der Waals surface area contributed by atoms with Crippen LogP contribution in [0.4, 0.5) is 10.3 Å². The molecule has 3 rings (SSSR count). The van der Waals surface area contributed by atoms with Gasteiger partial charge in [0.2, 0.25) is 11.9 Å². The number of amides is 1. The number of pyridine rings is 2. The maximum absolute atomic E-state index is 13.2. The molecule has 0 radical (unpaired) electrons. The van der Waals surface area contributed by atoms with E-state index >= 15 is 0 Å². The Morgan fingerprint density at radius 1 is 1.15 bits per heavy atom. The zero-order chi connectivity index (χ0) is 18.1. The molecule has 0 fully saturated rings. The summed E-state index contributed by atoms with van der Waals surface area (Å²) in [6, 6.07) is 6.52. The number of carbonyl (C=O) groups is 1. The molecule has 0 spiro atoms. The van der Waals surface area contributed by atoms with Crippen molar-refractivity contribution in [3.05, 3.63) is 42.0 Å². The molecular formula is C19H24FN5O. The highest BCUT2D eigenvalue weighted by molar-refractivity contribution is 5.93. The predicted molar refractivity (Wildman–Crippen MR) is 101 cm³/mol. The van der Waals surface area contributed by atoms with Crippen molar-refractivity contribution in [3.8, 4) is 5.82 Å². The van der Waals surface area contributed by atoms with Crippen molar-refractivity contribution in [2.45, 2.75) is 35.1 Å². The van der Waals surface area contributed by atoms with E-state index in [2.05, 4.69) is 20.3 Å². The van der Waals surface area contributed by atoms with E-state index in [1.807, 2.05) is 39.8 Å². The van der Waals surface area contributed by atoms with E-state index in [4.69, 9.17) is 0 Å². The number of aromatic nitrogens is 4. The number of halogens is 1. The Hall–Kier alpha value is -2.83. The Balaban J connectivity index is 0.00000243. The van der Waals surface area contributed by atoms with Gasteiger partial charge in [-0.25, -0.2) is 23.9 Å². The molecule has 0 unspecified atom stereocenters. The first-order valence-electron chi connectivity index (χ1n) is 8.15. The van der Waals surface area contributed by atoms with Gasteiger partial charge in [0.05, 0.1) is 6.20 Å². The van der Waals surface area contributed by atoms with Gasteiger partial charge in [-0.1, -0.05) is 28.2 Å². The van der Waals surface area contributed by atoms with Crippen molar-refractivity contribution in [3.63, 3.8) is 0 Å². The molecule has 0 saturated heterocycles. The summed E-state index contributed by atoms with van der Waals surface area (Å²) < 4.78 is 14.9. The van der Waals surface area contributed by atoms with Crippen LogP contribution in [0.25, 0.3) is 17.0 Å². The topological polar surface area (TPSA) is 72.7 Å². The van der Waals surface area contributed by atoms with Crippen LogP contribution in [-0.2, 0) is 4.79 Å². The normalized spacial score (nSPS) is 12.1. The van der Waals surface area contributed by atoms with Crippen LogP contribution in [0, 0.1) is 24.6 Å². The van der Waals surface area contributed by atoms with E-state index in [-0.39, 0.29) is 25.2 Å². The number of rotatable bonds is 4. The van der Waals surface area contributed by atoms with E-state index in [1.165, 1.54) is 12.1 Å². The second kappa shape index (κ2) is 7.59. The number of carbonyl (C=O) groups excluding carboxylic acids is 1. The van der Waals surface area contributed by atoms with Crippen LogP contribution in [0.3, 0.4) is 0 Å². The number of aryl methyl sites for hydroxylation is 1. The Labute approximate surface area is 152 Å². The van der Waals surface area contributed by atoms with Crippen molar-refractivity contribution < 1.29 is 9.18 Å². The van der Waals surface area contributed by atoms with E-state index in [9.17, 15) is 9.18 Å². The largest absolute Gasteiger partial charge is 0.295 e. The minimum atomic E-state index is -0.434. The second-order valence-corrected chi connectivity index (χ2v) is 6.42. The average Bonchev–Trinajstić information content (AvgIpc) is 2.91. The van der Waals surface area contributed by atoms with E-state index < -0.39 is 5.82 Å². The molecule has 0 aromatic carbocycles. The Bertz CT molecular complexity index is 918. The third-order valence-corrected chi connectivity index (χ3v) is 4.23. The predicted octanol–water partition coefficient (Wildman–Crippen LogP) is 4.13. The van der Waals surface area contributed by atoms with Crippen molar-refractivity contribution in [1.82, 2.24) is 19.5 Å². The fourth-order valence-electron chi connectivity index (χ4n) is 2.38. The molecule has 7 heteroatoms. The quantitative estimate of drug-likeness (QED) is 0.762. The maximum Gasteiger partial charge on any atom is 0.229 e. The molecule has 3 aromatic rings. The summed E-state index contributed by atoms with van der Waals surface area (Å²) in [5.74, 6) is 0.215. The SMILES string of the molecule is C.Cc1ccc2nc(NC(=O)[C@@H](C)C(C)C)n(-c3ccc(F)cn3)c2n1. The molecule has 1 atom stereocenters. The fourth-order valence-corrected chi connectivity index (χ4v) is 2.38. The smallest absolute Gasteiger partial charge is 0.229 e. The van der Waals surface area contributed by atoms with Crippen LogP contribution in [0.5, 0.6) is 0 Å². The molecule has 0 aliphatic carbocycles. The van der Waals surface area contributed by atoms with Crippen molar-refractivity contribution in [2.24, 2.45) is 11.8 Å². The van der Waals surface area contributed by atoms with Crippen LogP contribution in [-0.4, -0.2) is 25.4 Å². The Morgan fingerprint density at radius 3 is 2.50 bits per heavy atom. The molecule has 0 aliphatic heterocycles. The lowest BCUT2D eigenvalue weighted by Crippen LogP contribution is -2.26. The average molecular weight is 357 g/mol. The summed E-state index contributed by atoms with van der Waals surface area (Å²) >= 11 is 0. The van der Waals surface area contributed by atoms with Gasteiger partial charge in [-0.2, -0.15) is 0 Å². The van der Waals surface area contributed by atoms with Gasteiger partial charge in [-0.05, 0) is 37.1 Å². The first-order chi connectivity index (χ1) is 11.9. The van der Waals surface area contributed by atoms with Gasteiger partial charge in [-0.15, -0.1) is 0 Å². The molecular weight excluding hydrogens is 333 g/mol. The van der Waals surface area contributed by atoms with Gasteiger partial charge >= 0.3 is 0 Å². The standard InChI is InChI=1S/C18H20FN5O.CH4/c1-10(2)12(4)17(25)23-18-22-14-7-5-11(3)21-16(14)24(18)15-8-6-13(19)9-20-15;/h5-10,12H,1-4H3,(H,22,23,25);1H4/t12-;/m0./s1. The van der Waals surface area contributed by atoms with Crippen molar-refractivity contribution >= 4 is 23.0 Å². The van der Waals surface area contributed by atoms with Crippen LogP contribution in [0.2, 0.25) is 0 Å². The lowest BCUT2D eigenvalue weighted by atomic mass is 9.97. The summed E-state index contributed by atoms with van der Waals surface area (Å²) in [6.45, 7) is 7.71. The summed E-state index contributed by atoms with van der Waals surface area (Å²) in [5, 5.41) is 2.85. The zero-order valence-corrected chi connectivity index (χ0v) is 14.6. The number of imidazole rings is 1. The molecule has 1 amide bonds. The number of fused-ring (bicyclic) bond motifs is 1. The van der Waals surface area contributed by atoms with Crippen LogP contribution < -0.4 is 5.32 Å². The first kappa shape index (κ1) is 19.5. The van der Waals surface area contributed by atoms with Gasteiger partial charge in [0, 0.05) is 11.6 Å². The minimum Gasteiger partial charge on any atom is -0.295 e.